The van der Waals surface area contributed by atoms with E-state index in [0.717, 1.165) is 31.6 Å². The third kappa shape index (κ3) is 4.29. The Labute approximate surface area is 147 Å². The number of carbonyl (C=O) groups excluding carboxylic acids is 1. The molecule has 0 bridgehead atoms. The number of aromatic amines is 1. The van der Waals surface area contributed by atoms with E-state index in [-0.39, 0.29) is 5.91 Å². The highest BCUT2D eigenvalue weighted by Crippen LogP contribution is 2.26. The molecule has 1 fully saturated rings. The van der Waals surface area contributed by atoms with E-state index in [4.69, 9.17) is 16.3 Å². The van der Waals surface area contributed by atoms with Crippen molar-refractivity contribution in [2.24, 2.45) is 0 Å². The molecule has 6 heteroatoms. The Balaban J connectivity index is 1.42. The maximum absolute atomic E-state index is 12.4. The first kappa shape index (κ1) is 16.8. The third-order valence-electron chi connectivity index (χ3n) is 4.37. The number of piperidine rings is 1. The summed E-state index contributed by atoms with van der Waals surface area (Å²) in [6.45, 7) is 2.11. The van der Waals surface area contributed by atoms with E-state index in [2.05, 4.69) is 10.2 Å². The van der Waals surface area contributed by atoms with Crippen molar-refractivity contribution in [2.75, 3.05) is 19.7 Å². The molecular formula is C18H22ClN3O2. The molecule has 1 amide bonds. The van der Waals surface area contributed by atoms with Gasteiger partial charge in [0.2, 0.25) is 5.91 Å². The van der Waals surface area contributed by atoms with Crippen LogP contribution in [0.5, 0.6) is 5.75 Å². The molecule has 2 heterocycles. The number of likely N-dealkylation sites (tertiary alicyclic amines) is 1. The summed E-state index contributed by atoms with van der Waals surface area (Å²) in [6, 6.07) is 9.38. The van der Waals surface area contributed by atoms with Gasteiger partial charge in [0, 0.05) is 37.3 Å². The SMILES string of the molecule is O=C(CCCOc1ccccc1Cl)N1CCC[C@@H](c2ccn[nH]2)C1. The van der Waals surface area contributed by atoms with Crippen LogP contribution in [-0.4, -0.2) is 40.7 Å². The van der Waals surface area contributed by atoms with Gasteiger partial charge in [-0.2, -0.15) is 5.10 Å². The highest BCUT2D eigenvalue weighted by Gasteiger charge is 2.25. The van der Waals surface area contributed by atoms with E-state index < -0.39 is 0 Å². The lowest BCUT2D eigenvalue weighted by atomic mass is 9.94. The van der Waals surface area contributed by atoms with Crippen LogP contribution in [0.4, 0.5) is 0 Å². The average molecular weight is 348 g/mol. The second-order valence-electron chi connectivity index (χ2n) is 6.07. The number of benzene rings is 1. The van der Waals surface area contributed by atoms with Crippen molar-refractivity contribution in [1.29, 1.82) is 0 Å². The molecule has 1 aliphatic rings. The zero-order chi connectivity index (χ0) is 16.8. The number of rotatable bonds is 6. The summed E-state index contributed by atoms with van der Waals surface area (Å²) in [5, 5.41) is 7.63. The van der Waals surface area contributed by atoms with Gasteiger partial charge in [0.1, 0.15) is 5.75 Å². The summed E-state index contributed by atoms with van der Waals surface area (Å²) in [7, 11) is 0. The summed E-state index contributed by atoms with van der Waals surface area (Å²) in [6.07, 6.45) is 5.09. The number of nitrogens with one attached hydrogen (secondary N) is 1. The highest BCUT2D eigenvalue weighted by molar-refractivity contribution is 6.32. The van der Waals surface area contributed by atoms with Crippen LogP contribution in [-0.2, 0) is 4.79 Å². The van der Waals surface area contributed by atoms with Crippen LogP contribution in [0.3, 0.4) is 0 Å². The normalized spacial score (nSPS) is 17.7. The number of aromatic nitrogens is 2. The van der Waals surface area contributed by atoms with Crippen molar-refractivity contribution in [2.45, 2.75) is 31.6 Å². The monoisotopic (exact) mass is 347 g/mol. The van der Waals surface area contributed by atoms with Gasteiger partial charge in [0.15, 0.2) is 0 Å². The van der Waals surface area contributed by atoms with Crippen LogP contribution in [0, 0.1) is 0 Å². The third-order valence-corrected chi connectivity index (χ3v) is 4.68. The predicted molar refractivity (Wildman–Crippen MR) is 93.3 cm³/mol. The van der Waals surface area contributed by atoms with Crippen LogP contribution in [0.25, 0.3) is 0 Å². The Morgan fingerprint density at radius 1 is 1.38 bits per heavy atom. The van der Waals surface area contributed by atoms with Crippen LogP contribution in [0.1, 0.15) is 37.3 Å². The minimum Gasteiger partial charge on any atom is -0.492 e. The molecule has 5 nitrogen and oxygen atoms in total. The van der Waals surface area contributed by atoms with Crippen molar-refractivity contribution in [1.82, 2.24) is 15.1 Å². The molecule has 2 aromatic rings. The maximum atomic E-state index is 12.4. The lowest BCUT2D eigenvalue weighted by Crippen LogP contribution is -2.39. The second kappa shape index (κ2) is 8.20. The minimum absolute atomic E-state index is 0.196. The molecule has 1 aromatic heterocycles. The Kier molecular flexibility index (Phi) is 5.75. The first-order valence-electron chi connectivity index (χ1n) is 8.38. The quantitative estimate of drug-likeness (QED) is 0.812. The topological polar surface area (TPSA) is 58.2 Å². The van der Waals surface area contributed by atoms with Crippen molar-refractivity contribution in [3.63, 3.8) is 0 Å². The van der Waals surface area contributed by atoms with E-state index in [1.165, 1.54) is 0 Å². The number of H-pyrrole nitrogens is 1. The standard InChI is InChI=1S/C18H22ClN3O2/c19-15-6-1-2-7-17(15)24-12-4-8-18(23)22-11-3-5-14(13-22)16-9-10-20-21-16/h1-2,6-7,9-10,14H,3-5,8,11-13H2,(H,20,21)/t14-/m1/s1. The molecule has 24 heavy (non-hydrogen) atoms. The number of para-hydroxylation sites is 1. The Hall–Kier alpha value is -2.01. The number of hydrogen-bond donors (Lipinski definition) is 1. The summed E-state index contributed by atoms with van der Waals surface area (Å²) in [4.78, 5) is 14.4. The van der Waals surface area contributed by atoms with Crippen LogP contribution in [0.2, 0.25) is 5.02 Å². The van der Waals surface area contributed by atoms with Crippen molar-refractivity contribution in [3.8, 4) is 5.75 Å². The highest BCUT2D eigenvalue weighted by atomic mass is 35.5. The van der Waals surface area contributed by atoms with Crippen molar-refractivity contribution >= 4 is 17.5 Å². The lowest BCUT2D eigenvalue weighted by Gasteiger charge is -2.32. The summed E-state index contributed by atoms with van der Waals surface area (Å²) in [5.41, 5.74) is 1.12. The van der Waals surface area contributed by atoms with Gasteiger partial charge < -0.3 is 9.64 Å². The molecule has 1 saturated heterocycles. The molecule has 0 spiro atoms. The number of halogens is 1. The molecule has 1 aromatic carbocycles. The first-order chi connectivity index (χ1) is 11.7. The Morgan fingerprint density at radius 2 is 2.25 bits per heavy atom. The number of carbonyl (C=O) groups is 1. The molecule has 1 N–H and O–H groups in total. The Bertz CT molecular complexity index is 660. The van der Waals surface area contributed by atoms with E-state index in [0.29, 0.717) is 36.1 Å². The van der Waals surface area contributed by atoms with Crippen LogP contribution >= 0.6 is 11.6 Å². The number of amides is 1. The molecule has 0 aliphatic carbocycles. The molecule has 3 rings (SSSR count). The molecule has 0 saturated carbocycles. The lowest BCUT2D eigenvalue weighted by molar-refractivity contribution is -0.132. The average Bonchev–Trinajstić information content (AvgIpc) is 3.15. The molecule has 1 atom stereocenters. The molecule has 0 radical (unpaired) electrons. The van der Waals surface area contributed by atoms with Gasteiger partial charge in [0.25, 0.3) is 0 Å². The number of hydrogen-bond acceptors (Lipinski definition) is 3. The van der Waals surface area contributed by atoms with E-state index in [1.54, 1.807) is 12.3 Å². The van der Waals surface area contributed by atoms with Crippen LogP contribution in [0.15, 0.2) is 36.5 Å². The predicted octanol–water partition coefficient (Wildman–Crippen LogP) is 3.63. The van der Waals surface area contributed by atoms with Gasteiger partial charge in [-0.1, -0.05) is 23.7 Å². The van der Waals surface area contributed by atoms with Gasteiger partial charge >= 0.3 is 0 Å². The fourth-order valence-electron chi connectivity index (χ4n) is 3.08. The van der Waals surface area contributed by atoms with Gasteiger partial charge in [-0.15, -0.1) is 0 Å². The van der Waals surface area contributed by atoms with Gasteiger partial charge in [-0.05, 0) is 37.5 Å². The summed E-state index contributed by atoms with van der Waals surface area (Å²) in [5.74, 6) is 1.23. The van der Waals surface area contributed by atoms with Gasteiger partial charge in [-0.25, -0.2) is 0 Å². The fourth-order valence-corrected chi connectivity index (χ4v) is 3.27. The van der Waals surface area contributed by atoms with Crippen LogP contribution < -0.4 is 4.74 Å². The Morgan fingerprint density at radius 3 is 3.04 bits per heavy atom. The second-order valence-corrected chi connectivity index (χ2v) is 6.48. The summed E-state index contributed by atoms with van der Waals surface area (Å²) < 4.78 is 5.64. The largest absolute Gasteiger partial charge is 0.492 e. The zero-order valence-corrected chi connectivity index (χ0v) is 14.3. The zero-order valence-electron chi connectivity index (χ0n) is 13.6. The maximum Gasteiger partial charge on any atom is 0.222 e. The summed E-state index contributed by atoms with van der Waals surface area (Å²) >= 11 is 6.04. The van der Waals surface area contributed by atoms with Gasteiger partial charge in [-0.3, -0.25) is 9.89 Å². The van der Waals surface area contributed by atoms with Crippen molar-refractivity contribution < 1.29 is 9.53 Å². The first-order valence-corrected chi connectivity index (χ1v) is 8.76. The molecular weight excluding hydrogens is 326 g/mol. The smallest absolute Gasteiger partial charge is 0.222 e. The van der Waals surface area contributed by atoms with E-state index in [1.807, 2.05) is 29.2 Å². The molecule has 0 unspecified atom stereocenters. The van der Waals surface area contributed by atoms with E-state index >= 15 is 0 Å². The number of ether oxygens (including phenoxy) is 1. The van der Waals surface area contributed by atoms with Gasteiger partial charge in [0.05, 0.1) is 11.6 Å². The molecule has 128 valence electrons. The fraction of sp³-hybridized carbons (Fsp3) is 0.444. The van der Waals surface area contributed by atoms with Crippen molar-refractivity contribution in [3.05, 3.63) is 47.2 Å². The minimum atomic E-state index is 0.196. The van der Waals surface area contributed by atoms with E-state index in [9.17, 15) is 4.79 Å². The number of nitrogens with zero attached hydrogens (tertiary/aromatic N) is 2. The molecule has 1 aliphatic heterocycles.